The Morgan fingerprint density at radius 2 is 1.74 bits per heavy atom. The number of amides is 1. The molecule has 134 valence electrons. The molecule has 0 saturated heterocycles. The van der Waals surface area contributed by atoms with Crippen LogP contribution in [0.3, 0.4) is 0 Å². The lowest BCUT2D eigenvalue weighted by Crippen LogP contribution is -2.24. The molecule has 4 rings (SSSR count). The number of carbonyl (C=O) groups excluding carboxylic acids is 1. The van der Waals surface area contributed by atoms with Crippen LogP contribution in [0.5, 0.6) is 0 Å². The van der Waals surface area contributed by atoms with Gasteiger partial charge in [0.05, 0.1) is 17.6 Å². The first kappa shape index (κ1) is 16.8. The number of rotatable bonds is 5. The fourth-order valence-electron chi connectivity index (χ4n) is 3.12. The molecule has 0 saturated carbocycles. The van der Waals surface area contributed by atoms with Crippen LogP contribution in [0.4, 0.5) is 5.82 Å². The predicted molar refractivity (Wildman–Crippen MR) is 108 cm³/mol. The van der Waals surface area contributed by atoms with E-state index in [1.807, 2.05) is 59.2 Å². The number of nitrogen functional groups attached to an aromatic ring is 1. The Labute approximate surface area is 156 Å². The molecular weight excluding hydrogens is 338 g/mol. The minimum atomic E-state index is -0.284. The van der Waals surface area contributed by atoms with Crippen LogP contribution in [-0.2, 0) is 6.54 Å². The van der Waals surface area contributed by atoms with Crippen molar-refractivity contribution in [1.29, 1.82) is 0 Å². The molecule has 6 nitrogen and oxygen atoms in total. The molecule has 0 bridgehead atoms. The third kappa shape index (κ3) is 3.01. The molecule has 3 N–H and O–H groups in total. The van der Waals surface area contributed by atoms with Gasteiger partial charge in [0, 0.05) is 6.54 Å². The van der Waals surface area contributed by atoms with E-state index in [9.17, 15) is 4.79 Å². The summed E-state index contributed by atoms with van der Waals surface area (Å²) in [5, 5.41) is 2.79. The Morgan fingerprint density at radius 3 is 2.44 bits per heavy atom. The highest BCUT2D eigenvalue weighted by atomic mass is 16.1. The topological polar surface area (TPSA) is 85.8 Å². The van der Waals surface area contributed by atoms with Gasteiger partial charge in [0.15, 0.2) is 5.65 Å². The molecule has 0 atom stereocenters. The monoisotopic (exact) mass is 357 g/mol. The molecule has 0 aliphatic carbocycles. The lowest BCUT2D eigenvalue weighted by molar-refractivity contribution is 0.0960. The molecule has 0 spiro atoms. The molecule has 0 radical (unpaired) electrons. The maximum absolute atomic E-state index is 12.7. The molecule has 0 fully saturated rings. The zero-order chi connectivity index (χ0) is 18.8. The number of aromatic nitrogens is 3. The van der Waals surface area contributed by atoms with Crippen LogP contribution in [0.1, 0.15) is 15.9 Å². The highest BCUT2D eigenvalue weighted by molar-refractivity contribution is 6.10. The van der Waals surface area contributed by atoms with Crippen molar-refractivity contribution in [3.05, 3.63) is 78.4 Å². The fraction of sp³-hybridized carbons (Fsp3) is 0.0952. The van der Waals surface area contributed by atoms with Crippen molar-refractivity contribution >= 4 is 33.9 Å². The van der Waals surface area contributed by atoms with Gasteiger partial charge >= 0.3 is 0 Å². The van der Waals surface area contributed by atoms with Gasteiger partial charge in [0.25, 0.3) is 5.91 Å². The van der Waals surface area contributed by atoms with Gasteiger partial charge in [0.1, 0.15) is 16.9 Å². The van der Waals surface area contributed by atoms with Crippen molar-refractivity contribution in [2.45, 2.75) is 6.54 Å². The van der Waals surface area contributed by atoms with Crippen LogP contribution < -0.4 is 11.1 Å². The number of para-hydroxylation sites is 2. The maximum atomic E-state index is 12.7. The van der Waals surface area contributed by atoms with Gasteiger partial charge in [-0.1, -0.05) is 48.5 Å². The number of hydrogen-bond acceptors (Lipinski definition) is 4. The second kappa shape index (κ2) is 6.92. The number of benzene rings is 2. The average molecular weight is 357 g/mol. The van der Waals surface area contributed by atoms with Crippen LogP contribution in [0.2, 0.25) is 0 Å². The Balaban J connectivity index is 1.95. The summed E-state index contributed by atoms with van der Waals surface area (Å²) in [5.74, 6) is 0.0690. The van der Waals surface area contributed by atoms with E-state index in [4.69, 9.17) is 10.7 Å². The summed E-state index contributed by atoms with van der Waals surface area (Å²) in [6, 6.07) is 17.5. The third-order valence-corrected chi connectivity index (χ3v) is 4.41. The third-order valence-electron chi connectivity index (χ3n) is 4.41. The van der Waals surface area contributed by atoms with Crippen LogP contribution in [0.25, 0.3) is 22.2 Å². The van der Waals surface area contributed by atoms with Crippen LogP contribution in [-0.4, -0.2) is 27.0 Å². The van der Waals surface area contributed by atoms with E-state index in [0.29, 0.717) is 35.6 Å². The molecule has 1 amide bonds. The number of carbonyl (C=O) groups is 1. The largest absolute Gasteiger partial charge is 0.384 e. The molecule has 0 unspecified atom stereocenters. The van der Waals surface area contributed by atoms with E-state index in [1.54, 1.807) is 6.08 Å². The lowest BCUT2D eigenvalue weighted by Gasteiger charge is -2.08. The van der Waals surface area contributed by atoms with Gasteiger partial charge in [-0.2, -0.15) is 0 Å². The summed E-state index contributed by atoms with van der Waals surface area (Å²) >= 11 is 0. The van der Waals surface area contributed by atoms with Crippen LogP contribution >= 0.6 is 0 Å². The number of hydrogen-bond donors (Lipinski definition) is 2. The summed E-state index contributed by atoms with van der Waals surface area (Å²) in [6.45, 7) is 4.49. The Morgan fingerprint density at radius 1 is 1.07 bits per heavy atom. The number of nitrogens with one attached hydrogen (secondary N) is 1. The van der Waals surface area contributed by atoms with E-state index >= 15 is 0 Å². The smallest absolute Gasteiger partial charge is 0.257 e. The summed E-state index contributed by atoms with van der Waals surface area (Å²) in [6.07, 6.45) is 1.62. The SMILES string of the molecule is C=CCNC(=O)c1c(N)n(Cc2ccccc2)c2nc3ccccc3nc12. The van der Waals surface area contributed by atoms with Gasteiger partial charge in [0.2, 0.25) is 0 Å². The van der Waals surface area contributed by atoms with Gasteiger partial charge in [-0.15, -0.1) is 6.58 Å². The van der Waals surface area contributed by atoms with Crippen molar-refractivity contribution in [3.63, 3.8) is 0 Å². The van der Waals surface area contributed by atoms with Gasteiger partial charge < -0.3 is 15.6 Å². The lowest BCUT2D eigenvalue weighted by atomic mass is 10.2. The van der Waals surface area contributed by atoms with E-state index < -0.39 is 0 Å². The summed E-state index contributed by atoms with van der Waals surface area (Å²) in [5.41, 5.74) is 10.4. The number of fused-ring (bicyclic) bond motifs is 2. The van der Waals surface area contributed by atoms with Crippen molar-refractivity contribution in [3.8, 4) is 0 Å². The predicted octanol–water partition coefficient (Wildman–Crippen LogP) is 3.13. The summed E-state index contributed by atoms with van der Waals surface area (Å²) < 4.78 is 1.84. The van der Waals surface area contributed by atoms with Crippen molar-refractivity contribution < 1.29 is 4.79 Å². The molecule has 0 aliphatic rings. The Kier molecular flexibility index (Phi) is 4.30. The normalized spacial score (nSPS) is 11.0. The van der Waals surface area contributed by atoms with E-state index in [0.717, 1.165) is 16.6 Å². The first-order valence-corrected chi connectivity index (χ1v) is 8.66. The van der Waals surface area contributed by atoms with Crippen molar-refractivity contribution in [1.82, 2.24) is 19.9 Å². The summed E-state index contributed by atoms with van der Waals surface area (Å²) in [4.78, 5) is 22.1. The van der Waals surface area contributed by atoms with Gasteiger partial charge in [-0.25, -0.2) is 9.97 Å². The Hall–Kier alpha value is -3.67. The highest BCUT2D eigenvalue weighted by Gasteiger charge is 2.23. The van der Waals surface area contributed by atoms with Crippen LogP contribution in [0.15, 0.2) is 67.3 Å². The maximum Gasteiger partial charge on any atom is 0.257 e. The van der Waals surface area contributed by atoms with Gasteiger partial charge in [-0.05, 0) is 17.7 Å². The molecular formula is C21H19N5O. The van der Waals surface area contributed by atoms with Crippen molar-refractivity contribution in [2.75, 3.05) is 12.3 Å². The zero-order valence-electron chi connectivity index (χ0n) is 14.7. The number of nitrogens with zero attached hydrogens (tertiary/aromatic N) is 3. The highest BCUT2D eigenvalue weighted by Crippen LogP contribution is 2.28. The average Bonchev–Trinajstić information content (AvgIpc) is 2.96. The number of nitrogens with two attached hydrogens (primary N) is 1. The number of anilines is 1. The quantitative estimate of drug-likeness (QED) is 0.537. The Bertz CT molecular complexity index is 1150. The fourth-order valence-corrected chi connectivity index (χ4v) is 3.12. The second-order valence-electron chi connectivity index (χ2n) is 6.22. The molecule has 2 aromatic heterocycles. The first-order chi connectivity index (χ1) is 13.2. The molecule has 4 aromatic rings. The molecule has 2 heterocycles. The van der Waals surface area contributed by atoms with Crippen LogP contribution in [0, 0.1) is 0 Å². The van der Waals surface area contributed by atoms with E-state index in [1.165, 1.54) is 0 Å². The molecule has 2 aromatic carbocycles. The standard InChI is InChI=1S/C21H19N5O/c1-2-12-23-21(27)17-18-20(25-16-11-7-6-10-15(16)24-18)26(19(17)22)13-14-8-4-3-5-9-14/h2-11H,1,12-13,22H2,(H,23,27). The molecule has 0 aliphatic heterocycles. The minimum absolute atomic E-state index is 0.284. The minimum Gasteiger partial charge on any atom is -0.384 e. The van der Waals surface area contributed by atoms with E-state index in [2.05, 4.69) is 16.9 Å². The summed E-state index contributed by atoms with van der Waals surface area (Å²) in [7, 11) is 0. The first-order valence-electron chi connectivity index (χ1n) is 8.66. The molecule has 27 heavy (non-hydrogen) atoms. The van der Waals surface area contributed by atoms with E-state index in [-0.39, 0.29) is 5.91 Å². The van der Waals surface area contributed by atoms with Gasteiger partial charge in [-0.3, -0.25) is 4.79 Å². The molecule has 6 heteroatoms. The van der Waals surface area contributed by atoms with Crippen molar-refractivity contribution in [2.24, 2.45) is 0 Å². The zero-order valence-corrected chi connectivity index (χ0v) is 14.7. The second-order valence-corrected chi connectivity index (χ2v) is 6.22.